The topological polar surface area (TPSA) is 74.2 Å². The fourth-order valence-corrected chi connectivity index (χ4v) is 2.27. The van der Waals surface area contributed by atoms with Gasteiger partial charge in [0.05, 0.1) is 11.3 Å². The molecule has 24 heavy (non-hydrogen) atoms. The van der Waals surface area contributed by atoms with Crippen LogP contribution in [-0.4, -0.2) is 34.7 Å². The van der Waals surface area contributed by atoms with Gasteiger partial charge in [-0.05, 0) is 56.5 Å². The first-order chi connectivity index (χ1) is 11.4. The zero-order valence-corrected chi connectivity index (χ0v) is 14.2. The van der Waals surface area contributed by atoms with Crippen LogP contribution in [0.5, 0.6) is 0 Å². The number of hydrogen-bond donors (Lipinski definition) is 3. The van der Waals surface area contributed by atoms with E-state index in [2.05, 4.69) is 15.6 Å². The normalized spacial score (nSPS) is 11.1. The second-order valence-electron chi connectivity index (χ2n) is 6.44. The highest BCUT2D eigenvalue weighted by atomic mass is 16.3. The number of aromatic nitrogens is 1. The summed E-state index contributed by atoms with van der Waals surface area (Å²) in [6.45, 7) is 4.75. The van der Waals surface area contributed by atoms with E-state index in [9.17, 15) is 9.90 Å². The lowest BCUT2D eigenvalue weighted by Crippen LogP contribution is -2.28. The number of benzene rings is 1. The number of anilines is 1. The van der Waals surface area contributed by atoms with Crippen molar-refractivity contribution in [2.75, 3.05) is 18.4 Å². The Bertz CT molecular complexity index is 651. The molecule has 3 N–H and O–H groups in total. The minimum Gasteiger partial charge on any atom is -0.390 e. The lowest BCUT2D eigenvalue weighted by molar-refractivity contribution is 0.0714. The van der Waals surface area contributed by atoms with E-state index in [-0.39, 0.29) is 5.91 Å². The molecule has 0 aliphatic heterocycles. The van der Waals surface area contributed by atoms with Gasteiger partial charge in [0.25, 0.3) is 5.91 Å². The Hall–Kier alpha value is -2.40. The second-order valence-corrected chi connectivity index (χ2v) is 6.44. The summed E-state index contributed by atoms with van der Waals surface area (Å²) in [5.74, 6) is -0.0897. The lowest BCUT2D eigenvalue weighted by Gasteiger charge is -2.16. The van der Waals surface area contributed by atoms with Crippen molar-refractivity contribution >= 4 is 11.6 Å². The van der Waals surface area contributed by atoms with E-state index < -0.39 is 5.60 Å². The zero-order chi connectivity index (χ0) is 17.4. The molecular formula is C19H25N3O2. The smallest absolute Gasteiger partial charge is 0.251 e. The van der Waals surface area contributed by atoms with Gasteiger partial charge in [0.1, 0.15) is 0 Å². The van der Waals surface area contributed by atoms with Crippen LogP contribution < -0.4 is 10.6 Å². The molecule has 0 fully saturated rings. The quantitative estimate of drug-likeness (QED) is 0.652. The molecule has 5 heteroatoms. The van der Waals surface area contributed by atoms with Crippen molar-refractivity contribution in [2.45, 2.75) is 32.3 Å². The molecule has 0 aliphatic rings. The van der Waals surface area contributed by atoms with E-state index in [1.807, 2.05) is 30.3 Å². The Labute approximate surface area is 143 Å². The van der Waals surface area contributed by atoms with Gasteiger partial charge < -0.3 is 15.7 Å². The van der Waals surface area contributed by atoms with Crippen molar-refractivity contribution in [3.63, 3.8) is 0 Å². The molecule has 0 saturated heterocycles. The number of hydrogen-bond acceptors (Lipinski definition) is 4. The third-order valence-electron chi connectivity index (χ3n) is 3.62. The maximum absolute atomic E-state index is 12.2. The predicted octanol–water partition coefficient (Wildman–Crippen LogP) is 2.63. The maximum Gasteiger partial charge on any atom is 0.251 e. The van der Waals surface area contributed by atoms with E-state index >= 15 is 0 Å². The summed E-state index contributed by atoms with van der Waals surface area (Å²) < 4.78 is 0. The third kappa shape index (κ3) is 6.38. The first-order valence-electron chi connectivity index (χ1n) is 8.17. The predicted molar refractivity (Wildman–Crippen MR) is 96.1 cm³/mol. The molecule has 1 aromatic carbocycles. The molecule has 2 rings (SSSR count). The van der Waals surface area contributed by atoms with Crippen molar-refractivity contribution in [2.24, 2.45) is 0 Å². The second kappa shape index (κ2) is 8.45. The Kier molecular flexibility index (Phi) is 6.32. The highest BCUT2D eigenvalue weighted by Crippen LogP contribution is 2.14. The fraction of sp³-hybridized carbons (Fsp3) is 0.368. The maximum atomic E-state index is 12.2. The summed E-state index contributed by atoms with van der Waals surface area (Å²) in [6.07, 6.45) is 4.87. The van der Waals surface area contributed by atoms with Crippen LogP contribution in [-0.2, 0) is 6.42 Å². The van der Waals surface area contributed by atoms with Gasteiger partial charge in [-0.15, -0.1) is 0 Å². The van der Waals surface area contributed by atoms with Crippen LogP contribution in [0.4, 0.5) is 5.69 Å². The van der Waals surface area contributed by atoms with Crippen molar-refractivity contribution in [3.05, 3.63) is 59.9 Å². The number of aryl methyl sites for hydroxylation is 1. The third-order valence-corrected chi connectivity index (χ3v) is 3.62. The molecule has 0 radical (unpaired) electrons. The molecule has 128 valence electrons. The highest BCUT2D eigenvalue weighted by Gasteiger charge is 2.13. The van der Waals surface area contributed by atoms with Crippen LogP contribution in [0.25, 0.3) is 0 Å². The molecule has 5 nitrogen and oxygen atoms in total. The van der Waals surface area contributed by atoms with E-state index in [1.165, 1.54) is 0 Å². The van der Waals surface area contributed by atoms with Crippen molar-refractivity contribution in [1.82, 2.24) is 10.3 Å². The first kappa shape index (κ1) is 17.9. The van der Waals surface area contributed by atoms with Gasteiger partial charge in [0.2, 0.25) is 0 Å². The highest BCUT2D eigenvalue weighted by molar-refractivity contribution is 5.94. The SMILES string of the molecule is CC(C)(O)CCc1cccc(C(=O)NCCNc2cccnc2)c1. The van der Waals surface area contributed by atoms with E-state index in [0.717, 1.165) is 17.7 Å². The summed E-state index contributed by atoms with van der Waals surface area (Å²) in [5.41, 5.74) is 1.93. The zero-order valence-electron chi connectivity index (χ0n) is 14.2. The summed E-state index contributed by atoms with van der Waals surface area (Å²) in [7, 11) is 0. The van der Waals surface area contributed by atoms with Gasteiger partial charge >= 0.3 is 0 Å². The van der Waals surface area contributed by atoms with Gasteiger partial charge in [-0.3, -0.25) is 9.78 Å². The van der Waals surface area contributed by atoms with Gasteiger partial charge in [-0.2, -0.15) is 0 Å². The Morgan fingerprint density at radius 1 is 1.21 bits per heavy atom. The molecular weight excluding hydrogens is 302 g/mol. The number of carbonyl (C=O) groups is 1. The molecule has 0 aliphatic carbocycles. The molecule has 0 atom stereocenters. The summed E-state index contributed by atoms with van der Waals surface area (Å²) in [5, 5.41) is 15.9. The molecule has 2 aromatic rings. The average molecular weight is 327 g/mol. The minimum absolute atomic E-state index is 0.0897. The number of rotatable bonds is 8. The number of nitrogens with zero attached hydrogens (tertiary/aromatic N) is 1. The van der Waals surface area contributed by atoms with Crippen molar-refractivity contribution in [3.8, 4) is 0 Å². The van der Waals surface area contributed by atoms with E-state index in [0.29, 0.717) is 25.1 Å². The molecule has 1 amide bonds. The Balaban J connectivity index is 1.79. The van der Waals surface area contributed by atoms with Crippen LogP contribution in [0, 0.1) is 0 Å². The van der Waals surface area contributed by atoms with E-state index in [4.69, 9.17) is 0 Å². The largest absolute Gasteiger partial charge is 0.390 e. The summed E-state index contributed by atoms with van der Waals surface area (Å²) >= 11 is 0. The van der Waals surface area contributed by atoms with Crippen molar-refractivity contribution < 1.29 is 9.90 Å². The summed E-state index contributed by atoms with van der Waals surface area (Å²) in [4.78, 5) is 16.2. The van der Waals surface area contributed by atoms with Crippen LogP contribution >= 0.6 is 0 Å². The number of aliphatic hydroxyl groups is 1. The lowest BCUT2D eigenvalue weighted by atomic mass is 9.98. The molecule has 0 unspecified atom stereocenters. The molecule has 0 spiro atoms. The number of carbonyl (C=O) groups excluding carboxylic acids is 1. The monoisotopic (exact) mass is 327 g/mol. The average Bonchev–Trinajstić information content (AvgIpc) is 2.57. The first-order valence-corrected chi connectivity index (χ1v) is 8.17. The molecule has 1 heterocycles. The number of nitrogens with one attached hydrogen (secondary N) is 2. The Morgan fingerprint density at radius 3 is 2.75 bits per heavy atom. The standard InChI is InChI=1S/C19H25N3O2/c1-19(2,24)9-8-15-5-3-6-16(13-15)18(23)22-12-11-21-17-7-4-10-20-14-17/h3-7,10,13-14,21,24H,8-9,11-12H2,1-2H3,(H,22,23). The fourth-order valence-electron chi connectivity index (χ4n) is 2.27. The van der Waals surface area contributed by atoms with Gasteiger partial charge in [-0.25, -0.2) is 0 Å². The van der Waals surface area contributed by atoms with Crippen LogP contribution in [0.3, 0.4) is 0 Å². The van der Waals surface area contributed by atoms with Gasteiger partial charge in [0.15, 0.2) is 0 Å². The van der Waals surface area contributed by atoms with Crippen LogP contribution in [0.2, 0.25) is 0 Å². The van der Waals surface area contributed by atoms with Gasteiger partial charge in [0, 0.05) is 31.0 Å². The van der Waals surface area contributed by atoms with Crippen molar-refractivity contribution in [1.29, 1.82) is 0 Å². The number of amides is 1. The molecule has 0 bridgehead atoms. The van der Waals surface area contributed by atoms with Crippen LogP contribution in [0.15, 0.2) is 48.8 Å². The van der Waals surface area contributed by atoms with Crippen LogP contribution in [0.1, 0.15) is 36.2 Å². The minimum atomic E-state index is -0.698. The summed E-state index contributed by atoms with van der Waals surface area (Å²) in [6, 6.07) is 11.3. The Morgan fingerprint density at radius 2 is 2.04 bits per heavy atom. The molecule has 1 aromatic heterocycles. The number of pyridine rings is 1. The van der Waals surface area contributed by atoms with Gasteiger partial charge in [-0.1, -0.05) is 12.1 Å². The molecule has 0 saturated carbocycles. The van der Waals surface area contributed by atoms with E-state index in [1.54, 1.807) is 32.3 Å².